The van der Waals surface area contributed by atoms with Gasteiger partial charge in [0.25, 0.3) is 0 Å². The maximum Gasteiger partial charge on any atom is 0.446 e. The lowest BCUT2D eigenvalue weighted by Gasteiger charge is -2.09. The number of nitrogens with zero attached hydrogens (tertiary/aromatic N) is 4. The van der Waals surface area contributed by atoms with Gasteiger partial charge in [0.2, 0.25) is 5.95 Å². The van der Waals surface area contributed by atoms with E-state index in [1.807, 2.05) is 6.07 Å². The van der Waals surface area contributed by atoms with E-state index in [1.54, 1.807) is 48.0 Å². The Labute approximate surface area is 184 Å². The van der Waals surface area contributed by atoms with Crippen LogP contribution >= 0.6 is 11.8 Å². The number of aryl methyl sites for hydroxylation is 1. The number of oxime groups is 1. The molecule has 0 fully saturated rings. The monoisotopic (exact) mass is 459 g/mol. The molecule has 32 heavy (non-hydrogen) atoms. The zero-order valence-corrected chi connectivity index (χ0v) is 17.4. The number of hydrogen-bond acceptors (Lipinski definition) is 7. The predicted molar refractivity (Wildman–Crippen MR) is 116 cm³/mol. The standard InChI is InChI=1S/C21H16F3N5O2S/c1-29-19-6-5-15(31-16-7-8-25-14(9-16)12-26-30)11-18(19)28-20(29)27-13-3-2-4-17(10-13)32-21(22,23)24/h2-12,30H,1H3,(H,27,28)/b26-12+. The maximum absolute atomic E-state index is 12.7. The van der Waals surface area contributed by atoms with Crippen LogP contribution in [-0.4, -0.2) is 31.5 Å². The topological polar surface area (TPSA) is 84.6 Å². The molecular weight excluding hydrogens is 443 g/mol. The third-order valence-corrected chi connectivity index (χ3v) is 5.08. The second-order valence-electron chi connectivity index (χ2n) is 6.61. The van der Waals surface area contributed by atoms with Crippen LogP contribution in [0.5, 0.6) is 11.5 Å². The Morgan fingerprint density at radius 3 is 2.72 bits per heavy atom. The van der Waals surface area contributed by atoms with E-state index in [2.05, 4.69) is 20.4 Å². The van der Waals surface area contributed by atoms with Crippen LogP contribution in [0.1, 0.15) is 5.69 Å². The lowest BCUT2D eigenvalue weighted by atomic mass is 10.3. The van der Waals surface area contributed by atoms with Gasteiger partial charge in [-0.2, -0.15) is 13.2 Å². The number of halogens is 3. The number of hydrogen-bond donors (Lipinski definition) is 2. The molecule has 0 aliphatic rings. The average Bonchev–Trinajstić information content (AvgIpc) is 3.02. The third kappa shape index (κ3) is 5.11. The van der Waals surface area contributed by atoms with Gasteiger partial charge >= 0.3 is 5.51 Å². The first-order valence-corrected chi connectivity index (χ1v) is 10.0. The number of imidazole rings is 1. The normalized spacial score (nSPS) is 11.9. The Hall–Kier alpha value is -3.73. The fourth-order valence-electron chi connectivity index (χ4n) is 3.01. The summed E-state index contributed by atoms with van der Waals surface area (Å²) in [5, 5.41) is 14.6. The zero-order chi connectivity index (χ0) is 22.7. The van der Waals surface area contributed by atoms with Crippen molar-refractivity contribution in [3.8, 4) is 11.5 Å². The van der Waals surface area contributed by atoms with Crippen LogP contribution in [0.4, 0.5) is 24.8 Å². The smallest absolute Gasteiger partial charge is 0.446 e. The summed E-state index contributed by atoms with van der Waals surface area (Å²) in [5.41, 5.74) is -1.98. The fourth-order valence-corrected chi connectivity index (χ4v) is 3.61. The molecule has 7 nitrogen and oxygen atoms in total. The highest BCUT2D eigenvalue weighted by atomic mass is 32.2. The first-order chi connectivity index (χ1) is 15.3. The van der Waals surface area contributed by atoms with E-state index >= 15 is 0 Å². The summed E-state index contributed by atoms with van der Waals surface area (Å²) in [6.07, 6.45) is 2.72. The average molecular weight is 459 g/mol. The van der Waals surface area contributed by atoms with Crippen molar-refractivity contribution < 1.29 is 23.1 Å². The van der Waals surface area contributed by atoms with Gasteiger partial charge in [0.1, 0.15) is 11.5 Å². The molecule has 0 atom stereocenters. The van der Waals surface area contributed by atoms with E-state index in [4.69, 9.17) is 9.94 Å². The number of ether oxygens (including phenoxy) is 1. The van der Waals surface area contributed by atoms with Crippen molar-refractivity contribution in [2.75, 3.05) is 5.32 Å². The van der Waals surface area contributed by atoms with Crippen LogP contribution < -0.4 is 10.1 Å². The van der Waals surface area contributed by atoms with Gasteiger partial charge in [-0.15, -0.1) is 0 Å². The quantitative estimate of drug-likeness (QED) is 0.161. The van der Waals surface area contributed by atoms with E-state index in [0.29, 0.717) is 34.3 Å². The maximum atomic E-state index is 12.7. The molecule has 0 aliphatic heterocycles. The van der Waals surface area contributed by atoms with Gasteiger partial charge in [-0.05, 0) is 48.2 Å². The number of pyridine rings is 1. The molecule has 0 amide bonds. The molecular formula is C21H16F3N5O2S. The lowest BCUT2D eigenvalue weighted by molar-refractivity contribution is -0.0328. The van der Waals surface area contributed by atoms with Gasteiger partial charge in [-0.3, -0.25) is 4.98 Å². The Bertz CT molecular complexity index is 1290. The zero-order valence-electron chi connectivity index (χ0n) is 16.5. The Morgan fingerprint density at radius 2 is 1.94 bits per heavy atom. The summed E-state index contributed by atoms with van der Waals surface area (Å²) in [7, 11) is 1.80. The molecule has 0 radical (unpaired) electrons. The lowest BCUT2D eigenvalue weighted by Crippen LogP contribution is -2.01. The van der Waals surface area contributed by atoms with Crippen LogP contribution in [-0.2, 0) is 7.05 Å². The minimum absolute atomic E-state index is 0.0833. The molecule has 11 heteroatoms. The summed E-state index contributed by atoms with van der Waals surface area (Å²) in [5.74, 6) is 1.50. The van der Waals surface area contributed by atoms with Crippen molar-refractivity contribution in [1.82, 2.24) is 14.5 Å². The largest absolute Gasteiger partial charge is 0.457 e. The molecule has 164 valence electrons. The van der Waals surface area contributed by atoms with Crippen LogP contribution in [0.2, 0.25) is 0 Å². The van der Waals surface area contributed by atoms with Crippen molar-refractivity contribution in [1.29, 1.82) is 0 Å². The van der Waals surface area contributed by atoms with Gasteiger partial charge in [-0.1, -0.05) is 11.2 Å². The van der Waals surface area contributed by atoms with E-state index in [-0.39, 0.29) is 16.7 Å². The minimum Gasteiger partial charge on any atom is -0.457 e. The summed E-state index contributed by atoms with van der Waals surface area (Å²) in [4.78, 5) is 8.64. The Kier molecular flexibility index (Phi) is 5.91. The van der Waals surface area contributed by atoms with Gasteiger partial charge < -0.3 is 19.8 Å². The van der Waals surface area contributed by atoms with Crippen LogP contribution in [0, 0.1) is 0 Å². The number of thioether (sulfide) groups is 1. The van der Waals surface area contributed by atoms with E-state index in [9.17, 15) is 13.2 Å². The minimum atomic E-state index is -4.35. The number of anilines is 2. The third-order valence-electron chi connectivity index (χ3n) is 4.35. The number of rotatable bonds is 6. The number of aromatic nitrogens is 3. The summed E-state index contributed by atoms with van der Waals surface area (Å²) in [6, 6.07) is 14.7. The molecule has 0 bridgehead atoms. The molecule has 0 unspecified atom stereocenters. The highest BCUT2D eigenvalue weighted by Crippen LogP contribution is 2.38. The number of fused-ring (bicyclic) bond motifs is 1. The molecule has 2 N–H and O–H groups in total. The second kappa shape index (κ2) is 8.79. The number of alkyl halides is 3. The first-order valence-electron chi connectivity index (χ1n) is 9.21. The van der Waals surface area contributed by atoms with Crippen LogP contribution in [0.3, 0.4) is 0 Å². The molecule has 4 aromatic rings. The molecule has 0 saturated carbocycles. The second-order valence-corrected chi connectivity index (χ2v) is 7.75. The van der Waals surface area contributed by atoms with Crippen LogP contribution in [0.15, 0.2) is 70.8 Å². The van der Waals surface area contributed by atoms with Crippen LogP contribution in [0.25, 0.3) is 11.0 Å². The molecule has 2 aromatic heterocycles. The summed E-state index contributed by atoms with van der Waals surface area (Å²) < 4.78 is 45.6. The van der Waals surface area contributed by atoms with Crippen molar-refractivity contribution in [3.63, 3.8) is 0 Å². The molecule has 0 aliphatic carbocycles. The Balaban J connectivity index is 1.57. The van der Waals surface area contributed by atoms with E-state index in [1.165, 1.54) is 24.5 Å². The highest BCUT2D eigenvalue weighted by molar-refractivity contribution is 8.00. The van der Waals surface area contributed by atoms with Crippen molar-refractivity contribution in [2.24, 2.45) is 12.2 Å². The SMILES string of the molecule is Cn1c(Nc2cccc(SC(F)(F)F)c2)nc2cc(Oc3ccnc(/C=N/O)c3)ccc21. The van der Waals surface area contributed by atoms with Crippen molar-refractivity contribution in [3.05, 3.63) is 66.5 Å². The van der Waals surface area contributed by atoms with E-state index < -0.39 is 5.51 Å². The van der Waals surface area contributed by atoms with E-state index in [0.717, 1.165) is 5.52 Å². The number of benzene rings is 2. The Morgan fingerprint density at radius 1 is 1.12 bits per heavy atom. The number of nitrogens with one attached hydrogen (secondary N) is 1. The van der Waals surface area contributed by atoms with Gasteiger partial charge in [0.15, 0.2) is 0 Å². The summed E-state index contributed by atoms with van der Waals surface area (Å²) >= 11 is -0.169. The van der Waals surface area contributed by atoms with Gasteiger partial charge in [0.05, 0.1) is 22.9 Å². The first kappa shape index (κ1) is 21.5. The molecule has 0 saturated heterocycles. The fraction of sp³-hybridized carbons (Fsp3) is 0.0952. The van der Waals surface area contributed by atoms with Crippen molar-refractivity contribution >= 4 is 40.6 Å². The van der Waals surface area contributed by atoms with Gasteiger partial charge in [-0.25, -0.2) is 4.98 Å². The predicted octanol–water partition coefficient (Wildman–Crippen LogP) is 5.92. The summed E-state index contributed by atoms with van der Waals surface area (Å²) in [6.45, 7) is 0. The molecule has 0 spiro atoms. The van der Waals surface area contributed by atoms with Crippen molar-refractivity contribution in [2.45, 2.75) is 10.4 Å². The molecule has 4 rings (SSSR count). The highest BCUT2D eigenvalue weighted by Gasteiger charge is 2.29. The molecule has 2 heterocycles. The molecule has 2 aromatic carbocycles. The van der Waals surface area contributed by atoms with Gasteiger partial charge in [0, 0.05) is 36.0 Å².